The fourth-order valence-corrected chi connectivity index (χ4v) is 4.67. The molecule has 3 heterocycles. The Morgan fingerprint density at radius 3 is 2.40 bits per heavy atom. The highest BCUT2D eigenvalue weighted by Crippen LogP contribution is 2.20. The minimum Gasteiger partial charge on any atom is -0.450 e. The van der Waals surface area contributed by atoms with Gasteiger partial charge in [-0.25, -0.2) is 4.79 Å². The summed E-state index contributed by atoms with van der Waals surface area (Å²) in [5.74, 6) is 0.349. The predicted molar refractivity (Wildman–Crippen MR) is 111 cm³/mol. The van der Waals surface area contributed by atoms with E-state index in [1.807, 2.05) is 16.7 Å². The first-order valence-electron chi connectivity index (χ1n) is 11.3. The number of nitrogens with zero attached hydrogens (tertiary/aromatic N) is 4. The number of hydrogen-bond acceptors (Lipinski definition) is 6. The minimum absolute atomic E-state index is 0.0343. The maximum atomic E-state index is 12.9. The summed E-state index contributed by atoms with van der Waals surface area (Å²) in [4.78, 5) is 44.4. The van der Waals surface area contributed by atoms with Gasteiger partial charge in [-0.05, 0) is 32.6 Å². The van der Waals surface area contributed by atoms with E-state index in [4.69, 9.17) is 9.47 Å². The molecule has 3 rings (SSSR count). The molecule has 3 saturated heterocycles. The lowest BCUT2D eigenvalue weighted by atomic mass is 10.0. The first-order chi connectivity index (χ1) is 14.5. The van der Waals surface area contributed by atoms with Crippen LogP contribution in [0.5, 0.6) is 0 Å². The molecule has 9 heteroatoms. The van der Waals surface area contributed by atoms with E-state index < -0.39 is 0 Å². The molecular weight excluding hydrogens is 388 g/mol. The van der Waals surface area contributed by atoms with Crippen LogP contribution in [0, 0.1) is 0 Å². The molecule has 0 aromatic rings. The summed E-state index contributed by atoms with van der Waals surface area (Å²) in [7, 11) is 1.70. The number of piperidine rings is 1. The molecule has 9 nitrogen and oxygen atoms in total. The van der Waals surface area contributed by atoms with Crippen molar-refractivity contribution < 1.29 is 23.9 Å². The van der Waals surface area contributed by atoms with Gasteiger partial charge >= 0.3 is 6.09 Å². The maximum Gasteiger partial charge on any atom is 0.409 e. The zero-order valence-electron chi connectivity index (χ0n) is 18.4. The zero-order chi connectivity index (χ0) is 21.5. The molecule has 0 bridgehead atoms. The summed E-state index contributed by atoms with van der Waals surface area (Å²) in [6.45, 7) is 7.39. The Labute approximate surface area is 179 Å². The minimum atomic E-state index is -0.250. The molecule has 30 heavy (non-hydrogen) atoms. The highest BCUT2D eigenvalue weighted by molar-refractivity contribution is 5.79. The molecule has 0 aromatic carbocycles. The largest absolute Gasteiger partial charge is 0.450 e. The van der Waals surface area contributed by atoms with Gasteiger partial charge < -0.3 is 24.2 Å². The van der Waals surface area contributed by atoms with E-state index >= 15 is 0 Å². The topological polar surface area (TPSA) is 82.6 Å². The number of methoxy groups -OCH3 is 1. The second kappa shape index (κ2) is 10.9. The molecule has 3 aliphatic rings. The number of hydrogen-bond donors (Lipinski definition) is 0. The van der Waals surface area contributed by atoms with Crippen LogP contribution >= 0.6 is 0 Å². The standard InChI is InChI=1S/C21H36N4O5/c1-3-30-21(28)23-12-7-17(8-13-23)25-15-18(29-2)14-24(20(27)16-25)11-5-10-22-9-4-6-19(22)26/h17-18H,3-16H2,1-2H3/t18-/m0/s1. The van der Waals surface area contributed by atoms with E-state index in [0.717, 1.165) is 38.8 Å². The van der Waals surface area contributed by atoms with E-state index in [0.29, 0.717) is 52.3 Å². The first kappa shape index (κ1) is 22.8. The second-order valence-electron chi connectivity index (χ2n) is 8.38. The fourth-order valence-electron chi connectivity index (χ4n) is 4.67. The monoisotopic (exact) mass is 424 g/mol. The predicted octanol–water partition coefficient (Wildman–Crippen LogP) is 0.779. The molecule has 0 spiro atoms. The molecule has 0 N–H and O–H groups in total. The lowest BCUT2D eigenvalue weighted by Gasteiger charge is -2.37. The summed E-state index contributed by atoms with van der Waals surface area (Å²) in [6, 6.07) is 0.263. The van der Waals surface area contributed by atoms with Gasteiger partial charge in [0.25, 0.3) is 0 Å². The van der Waals surface area contributed by atoms with Gasteiger partial charge in [0.15, 0.2) is 0 Å². The molecule has 3 amide bonds. The van der Waals surface area contributed by atoms with Crippen molar-refractivity contribution in [2.45, 2.75) is 51.2 Å². The molecule has 1 atom stereocenters. The van der Waals surface area contributed by atoms with Crippen molar-refractivity contribution in [3.63, 3.8) is 0 Å². The highest BCUT2D eigenvalue weighted by Gasteiger charge is 2.34. The summed E-state index contributed by atoms with van der Waals surface area (Å²) in [6.07, 6.45) is 3.77. The first-order valence-corrected chi connectivity index (χ1v) is 11.3. The molecule has 0 saturated carbocycles. The van der Waals surface area contributed by atoms with Crippen molar-refractivity contribution in [3.8, 4) is 0 Å². The molecular formula is C21H36N4O5. The Kier molecular flexibility index (Phi) is 8.32. The maximum absolute atomic E-state index is 12.9. The zero-order valence-corrected chi connectivity index (χ0v) is 18.4. The van der Waals surface area contributed by atoms with E-state index in [-0.39, 0.29) is 30.1 Å². The van der Waals surface area contributed by atoms with Gasteiger partial charge in [-0.3, -0.25) is 14.5 Å². The van der Waals surface area contributed by atoms with Gasteiger partial charge in [0.2, 0.25) is 11.8 Å². The van der Waals surface area contributed by atoms with Gasteiger partial charge in [0, 0.05) is 65.4 Å². The Morgan fingerprint density at radius 1 is 1.03 bits per heavy atom. The van der Waals surface area contributed by atoms with Crippen molar-refractivity contribution in [3.05, 3.63) is 0 Å². The lowest BCUT2D eigenvalue weighted by molar-refractivity contribution is -0.132. The molecule has 0 aromatic heterocycles. The third kappa shape index (κ3) is 5.85. The summed E-state index contributed by atoms with van der Waals surface area (Å²) < 4.78 is 10.8. The van der Waals surface area contributed by atoms with Crippen LogP contribution in [0.3, 0.4) is 0 Å². The molecule has 170 valence electrons. The van der Waals surface area contributed by atoms with E-state index in [1.165, 1.54) is 0 Å². The van der Waals surface area contributed by atoms with Gasteiger partial charge in [0.05, 0.1) is 19.3 Å². The normalized spacial score (nSPS) is 24.5. The number of carbonyl (C=O) groups excluding carboxylic acids is 3. The van der Waals surface area contributed by atoms with Crippen molar-refractivity contribution in [2.75, 3.05) is 66.1 Å². The van der Waals surface area contributed by atoms with Crippen LogP contribution in [-0.2, 0) is 19.1 Å². The summed E-state index contributed by atoms with van der Waals surface area (Å²) in [5, 5.41) is 0. The average Bonchev–Trinajstić information content (AvgIpc) is 3.08. The van der Waals surface area contributed by atoms with Crippen LogP contribution in [0.4, 0.5) is 4.79 Å². The molecule has 0 radical (unpaired) electrons. The van der Waals surface area contributed by atoms with Crippen LogP contribution in [0.2, 0.25) is 0 Å². The van der Waals surface area contributed by atoms with Crippen LogP contribution in [0.1, 0.15) is 39.0 Å². The van der Waals surface area contributed by atoms with Gasteiger partial charge in [-0.2, -0.15) is 0 Å². The number of rotatable bonds is 7. The van der Waals surface area contributed by atoms with Gasteiger partial charge in [0.1, 0.15) is 0 Å². The Morgan fingerprint density at radius 2 is 1.77 bits per heavy atom. The van der Waals surface area contributed by atoms with Crippen LogP contribution in [-0.4, -0.2) is 116 Å². The van der Waals surface area contributed by atoms with E-state index in [1.54, 1.807) is 12.0 Å². The fraction of sp³-hybridized carbons (Fsp3) is 0.857. The van der Waals surface area contributed by atoms with Crippen LogP contribution in [0.25, 0.3) is 0 Å². The third-order valence-electron chi connectivity index (χ3n) is 6.42. The third-order valence-corrected chi connectivity index (χ3v) is 6.42. The Balaban J connectivity index is 1.50. The number of likely N-dealkylation sites (tertiary alicyclic amines) is 2. The summed E-state index contributed by atoms with van der Waals surface area (Å²) in [5.41, 5.74) is 0. The number of amides is 3. The average molecular weight is 425 g/mol. The lowest BCUT2D eigenvalue weighted by Crippen LogP contribution is -2.49. The van der Waals surface area contributed by atoms with Crippen molar-refractivity contribution in [1.29, 1.82) is 0 Å². The Hall–Kier alpha value is -1.87. The van der Waals surface area contributed by atoms with E-state index in [2.05, 4.69) is 4.90 Å². The Bertz CT molecular complexity index is 608. The second-order valence-corrected chi connectivity index (χ2v) is 8.38. The molecule has 0 unspecified atom stereocenters. The number of ether oxygens (including phenoxy) is 2. The molecule has 3 aliphatic heterocycles. The van der Waals surface area contributed by atoms with Gasteiger partial charge in [-0.15, -0.1) is 0 Å². The van der Waals surface area contributed by atoms with Gasteiger partial charge in [-0.1, -0.05) is 0 Å². The van der Waals surface area contributed by atoms with Crippen molar-refractivity contribution in [2.24, 2.45) is 0 Å². The van der Waals surface area contributed by atoms with Crippen LogP contribution < -0.4 is 0 Å². The van der Waals surface area contributed by atoms with E-state index in [9.17, 15) is 14.4 Å². The highest BCUT2D eigenvalue weighted by atomic mass is 16.6. The smallest absolute Gasteiger partial charge is 0.409 e. The SMILES string of the molecule is CCOC(=O)N1CCC(N2CC(=O)N(CCCN3CCCC3=O)C[C@H](OC)C2)CC1. The quantitative estimate of drug-likeness (QED) is 0.601. The van der Waals surface area contributed by atoms with Crippen molar-refractivity contribution >= 4 is 17.9 Å². The number of carbonyl (C=O) groups is 3. The summed E-state index contributed by atoms with van der Waals surface area (Å²) >= 11 is 0. The molecule has 3 fully saturated rings. The van der Waals surface area contributed by atoms with Crippen molar-refractivity contribution in [1.82, 2.24) is 19.6 Å². The van der Waals surface area contributed by atoms with Crippen LogP contribution in [0.15, 0.2) is 0 Å². The molecule has 0 aliphatic carbocycles.